The molecule has 0 spiro atoms. The molecule has 0 aliphatic rings. The number of aromatic nitrogens is 1. The number of carbonyl (C=O) groups excluding carboxylic acids is 1. The SMILES string of the molecule is CCN(CC(=O)OC)Cc1ccncc1Cl. The summed E-state index contributed by atoms with van der Waals surface area (Å²) < 4.78 is 4.62. The molecule has 0 bridgehead atoms. The van der Waals surface area contributed by atoms with Gasteiger partial charge in [0.1, 0.15) is 0 Å². The quantitative estimate of drug-likeness (QED) is 0.738. The number of esters is 1. The first kappa shape index (κ1) is 12.9. The molecule has 0 unspecified atom stereocenters. The van der Waals surface area contributed by atoms with E-state index in [1.807, 2.05) is 17.9 Å². The van der Waals surface area contributed by atoms with Crippen molar-refractivity contribution in [3.8, 4) is 0 Å². The van der Waals surface area contributed by atoms with Gasteiger partial charge in [0.2, 0.25) is 0 Å². The number of methoxy groups -OCH3 is 1. The highest BCUT2D eigenvalue weighted by Gasteiger charge is 2.11. The highest BCUT2D eigenvalue weighted by atomic mass is 35.5. The zero-order valence-electron chi connectivity index (χ0n) is 9.44. The fourth-order valence-corrected chi connectivity index (χ4v) is 1.48. The van der Waals surface area contributed by atoms with Crippen LogP contribution in [-0.2, 0) is 16.1 Å². The molecule has 0 saturated carbocycles. The van der Waals surface area contributed by atoms with Crippen molar-refractivity contribution in [3.05, 3.63) is 29.0 Å². The number of rotatable bonds is 5. The van der Waals surface area contributed by atoms with Crippen LogP contribution in [0.4, 0.5) is 0 Å². The molecule has 1 aromatic heterocycles. The van der Waals surface area contributed by atoms with Gasteiger partial charge in [0.05, 0.1) is 18.7 Å². The third kappa shape index (κ3) is 3.79. The van der Waals surface area contributed by atoms with Gasteiger partial charge in [0.15, 0.2) is 0 Å². The molecular weight excluding hydrogens is 228 g/mol. The molecule has 0 aliphatic carbocycles. The van der Waals surface area contributed by atoms with E-state index in [4.69, 9.17) is 11.6 Å². The molecule has 0 N–H and O–H groups in total. The molecule has 0 aliphatic heterocycles. The maximum absolute atomic E-state index is 11.1. The van der Waals surface area contributed by atoms with Crippen LogP contribution in [0.1, 0.15) is 12.5 Å². The summed E-state index contributed by atoms with van der Waals surface area (Å²) in [5.41, 5.74) is 0.961. The summed E-state index contributed by atoms with van der Waals surface area (Å²) in [6, 6.07) is 1.85. The van der Waals surface area contributed by atoms with Gasteiger partial charge in [-0.3, -0.25) is 14.7 Å². The van der Waals surface area contributed by atoms with Gasteiger partial charge in [-0.2, -0.15) is 0 Å². The van der Waals surface area contributed by atoms with E-state index in [9.17, 15) is 4.79 Å². The van der Waals surface area contributed by atoms with Gasteiger partial charge >= 0.3 is 5.97 Å². The second kappa shape index (κ2) is 6.45. The lowest BCUT2D eigenvalue weighted by Gasteiger charge is -2.19. The predicted molar refractivity (Wildman–Crippen MR) is 62.2 cm³/mol. The molecule has 0 radical (unpaired) electrons. The molecule has 0 aromatic carbocycles. The highest BCUT2D eigenvalue weighted by Crippen LogP contribution is 2.15. The number of hydrogen-bond acceptors (Lipinski definition) is 4. The summed E-state index contributed by atoms with van der Waals surface area (Å²) >= 11 is 5.99. The van der Waals surface area contributed by atoms with Crippen LogP contribution in [0.5, 0.6) is 0 Å². The third-order valence-electron chi connectivity index (χ3n) is 2.28. The van der Waals surface area contributed by atoms with Gasteiger partial charge in [-0.05, 0) is 18.2 Å². The van der Waals surface area contributed by atoms with Crippen molar-refractivity contribution in [3.63, 3.8) is 0 Å². The summed E-state index contributed by atoms with van der Waals surface area (Å²) in [4.78, 5) is 17.0. The number of halogens is 1. The number of nitrogens with zero attached hydrogens (tertiary/aromatic N) is 2. The van der Waals surface area contributed by atoms with Crippen LogP contribution in [-0.4, -0.2) is 36.1 Å². The Morgan fingerprint density at radius 1 is 1.62 bits per heavy atom. The first-order valence-electron chi connectivity index (χ1n) is 5.05. The van der Waals surface area contributed by atoms with Crippen molar-refractivity contribution in [1.82, 2.24) is 9.88 Å². The zero-order chi connectivity index (χ0) is 12.0. The fourth-order valence-electron chi connectivity index (χ4n) is 1.30. The summed E-state index contributed by atoms with van der Waals surface area (Å²) in [7, 11) is 1.38. The Labute approximate surface area is 100 Å². The van der Waals surface area contributed by atoms with E-state index in [0.29, 0.717) is 11.6 Å². The first-order chi connectivity index (χ1) is 7.67. The molecule has 0 fully saturated rings. The molecule has 5 heteroatoms. The molecular formula is C11H15ClN2O2. The molecule has 88 valence electrons. The molecule has 1 rings (SSSR count). The van der Waals surface area contributed by atoms with E-state index < -0.39 is 0 Å². The Bertz CT molecular complexity index is 358. The van der Waals surface area contributed by atoms with Gasteiger partial charge < -0.3 is 4.74 Å². The van der Waals surface area contributed by atoms with Crippen LogP contribution < -0.4 is 0 Å². The van der Waals surface area contributed by atoms with Gasteiger partial charge in [0, 0.05) is 18.9 Å². The smallest absolute Gasteiger partial charge is 0.319 e. The van der Waals surface area contributed by atoms with Crippen LogP contribution in [0.3, 0.4) is 0 Å². The van der Waals surface area contributed by atoms with Gasteiger partial charge in [-0.1, -0.05) is 18.5 Å². The van der Waals surface area contributed by atoms with E-state index in [1.165, 1.54) is 7.11 Å². The molecule has 0 atom stereocenters. The molecule has 4 nitrogen and oxygen atoms in total. The summed E-state index contributed by atoms with van der Waals surface area (Å²) in [6.45, 7) is 3.63. The standard InChI is InChI=1S/C11H15ClN2O2/c1-3-14(8-11(15)16-2)7-9-4-5-13-6-10(9)12/h4-6H,3,7-8H2,1-2H3. The van der Waals surface area contributed by atoms with Gasteiger partial charge in [-0.15, -0.1) is 0 Å². The minimum atomic E-state index is -0.243. The molecule has 1 aromatic rings. The largest absolute Gasteiger partial charge is 0.468 e. The van der Waals surface area contributed by atoms with E-state index in [-0.39, 0.29) is 12.5 Å². The fraction of sp³-hybridized carbons (Fsp3) is 0.455. The average molecular weight is 243 g/mol. The second-order valence-electron chi connectivity index (χ2n) is 3.35. The zero-order valence-corrected chi connectivity index (χ0v) is 10.2. The Hall–Kier alpha value is -1.13. The molecule has 16 heavy (non-hydrogen) atoms. The van der Waals surface area contributed by atoms with Crippen molar-refractivity contribution < 1.29 is 9.53 Å². The van der Waals surface area contributed by atoms with E-state index in [1.54, 1.807) is 12.4 Å². The van der Waals surface area contributed by atoms with Crippen molar-refractivity contribution >= 4 is 17.6 Å². The van der Waals surface area contributed by atoms with Crippen LogP contribution in [0.25, 0.3) is 0 Å². The summed E-state index contributed by atoms with van der Waals surface area (Å²) in [5.74, 6) is -0.243. The van der Waals surface area contributed by atoms with Crippen molar-refractivity contribution in [2.24, 2.45) is 0 Å². The maximum atomic E-state index is 11.1. The number of pyridine rings is 1. The Kier molecular flexibility index (Phi) is 5.22. The Balaban J connectivity index is 2.63. The minimum Gasteiger partial charge on any atom is -0.468 e. The van der Waals surface area contributed by atoms with Gasteiger partial charge in [-0.25, -0.2) is 0 Å². The Morgan fingerprint density at radius 3 is 2.94 bits per heavy atom. The lowest BCUT2D eigenvalue weighted by atomic mass is 10.2. The van der Waals surface area contributed by atoms with E-state index in [2.05, 4.69) is 9.72 Å². The lowest BCUT2D eigenvalue weighted by Crippen LogP contribution is -2.30. The number of carbonyl (C=O) groups is 1. The van der Waals surface area contributed by atoms with Crippen LogP contribution >= 0.6 is 11.6 Å². The van der Waals surface area contributed by atoms with Crippen molar-refractivity contribution in [1.29, 1.82) is 0 Å². The summed E-state index contributed by atoms with van der Waals surface area (Å²) in [6.07, 6.45) is 3.29. The third-order valence-corrected chi connectivity index (χ3v) is 2.62. The molecule has 0 saturated heterocycles. The molecule has 0 amide bonds. The first-order valence-corrected chi connectivity index (χ1v) is 5.42. The topological polar surface area (TPSA) is 42.4 Å². The lowest BCUT2D eigenvalue weighted by molar-refractivity contribution is -0.142. The number of hydrogen-bond donors (Lipinski definition) is 0. The highest BCUT2D eigenvalue weighted by molar-refractivity contribution is 6.31. The van der Waals surface area contributed by atoms with Crippen LogP contribution in [0.2, 0.25) is 5.02 Å². The Morgan fingerprint density at radius 2 is 2.38 bits per heavy atom. The average Bonchev–Trinajstić information content (AvgIpc) is 2.30. The van der Waals surface area contributed by atoms with E-state index >= 15 is 0 Å². The maximum Gasteiger partial charge on any atom is 0.319 e. The van der Waals surface area contributed by atoms with Crippen molar-refractivity contribution in [2.45, 2.75) is 13.5 Å². The predicted octanol–water partition coefficient (Wildman–Crippen LogP) is 1.73. The minimum absolute atomic E-state index is 0.243. The van der Waals surface area contributed by atoms with Crippen molar-refractivity contribution in [2.75, 3.05) is 20.2 Å². The van der Waals surface area contributed by atoms with Gasteiger partial charge in [0.25, 0.3) is 0 Å². The normalized spacial score (nSPS) is 10.5. The number of likely N-dealkylation sites (N-methyl/N-ethyl adjacent to an activating group) is 1. The number of ether oxygens (including phenoxy) is 1. The molecule has 1 heterocycles. The second-order valence-corrected chi connectivity index (χ2v) is 3.75. The van der Waals surface area contributed by atoms with Crippen LogP contribution in [0, 0.1) is 0 Å². The monoisotopic (exact) mass is 242 g/mol. The summed E-state index contributed by atoms with van der Waals surface area (Å²) in [5, 5.41) is 0.616. The van der Waals surface area contributed by atoms with Crippen LogP contribution in [0.15, 0.2) is 18.5 Å². The van der Waals surface area contributed by atoms with E-state index in [0.717, 1.165) is 12.1 Å².